The van der Waals surface area contributed by atoms with Gasteiger partial charge in [0, 0.05) is 12.4 Å². The molecule has 0 saturated heterocycles. The Labute approximate surface area is 95.5 Å². The lowest BCUT2D eigenvalue weighted by Crippen LogP contribution is -2.14. The van der Waals surface area contributed by atoms with Crippen LogP contribution in [-0.2, 0) is 21.0 Å². The summed E-state index contributed by atoms with van der Waals surface area (Å²) in [4.78, 5) is 23.1. The van der Waals surface area contributed by atoms with Crippen LogP contribution >= 0.6 is 0 Å². The molecule has 1 radical (unpaired) electrons. The molecule has 1 aromatic rings. The second kappa shape index (κ2) is 7.82. The molecular weight excluding hydrogens is 206 g/mol. The Hall–Kier alpha value is -1.42. The standard InChI is InChI=1S/C12H16NO3/c1-2-4-12(16-15-10-14)7-6-11-5-3-8-13-9-11/h3,5,8-9,12H,2,4,6-7H2,1H3. The SMILES string of the molecule is CCCC(CCc1cccnc1)OO[C]=O. The Morgan fingerprint density at radius 2 is 2.38 bits per heavy atom. The fourth-order valence-corrected chi connectivity index (χ4v) is 1.52. The van der Waals surface area contributed by atoms with Crippen LogP contribution in [0, 0.1) is 0 Å². The topological polar surface area (TPSA) is 48.4 Å². The van der Waals surface area contributed by atoms with E-state index < -0.39 is 0 Å². The van der Waals surface area contributed by atoms with Gasteiger partial charge in [0.25, 0.3) is 0 Å². The van der Waals surface area contributed by atoms with Crippen LogP contribution in [0.3, 0.4) is 0 Å². The third-order valence-electron chi connectivity index (χ3n) is 2.31. The first-order valence-corrected chi connectivity index (χ1v) is 5.45. The molecule has 0 aromatic carbocycles. The lowest BCUT2D eigenvalue weighted by Gasteiger charge is -2.12. The van der Waals surface area contributed by atoms with Crippen LogP contribution in [0.4, 0.5) is 0 Å². The van der Waals surface area contributed by atoms with Crippen molar-refractivity contribution in [3.63, 3.8) is 0 Å². The minimum absolute atomic E-state index is 0.0633. The molecule has 1 atom stereocenters. The Morgan fingerprint density at radius 3 is 3.00 bits per heavy atom. The van der Waals surface area contributed by atoms with Gasteiger partial charge in [0.1, 0.15) is 6.10 Å². The number of carbonyl (C=O) groups excluding carboxylic acids is 1. The highest BCUT2D eigenvalue weighted by atomic mass is 17.2. The van der Waals surface area contributed by atoms with Crippen molar-refractivity contribution in [2.45, 2.75) is 38.7 Å². The van der Waals surface area contributed by atoms with Crippen LogP contribution in [0.1, 0.15) is 31.7 Å². The highest BCUT2D eigenvalue weighted by Crippen LogP contribution is 2.11. The fraction of sp³-hybridized carbons (Fsp3) is 0.500. The van der Waals surface area contributed by atoms with Gasteiger partial charge in [0.15, 0.2) is 0 Å². The van der Waals surface area contributed by atoms with E-state index in [2.05, 4.69) is 16.8 Å². The molecule has 87 valence electrons. The van der Waals surface area contributed by atoms with E-state index >= 15 is 0 Å². The zero-order valence-electron chi connectivity index (χ0n) is 9.39. The van der Waals surface area contributed by atoms with Crippen LogP contribution in [-0.4, -0.2) is 17.6 Å². The van der Waals surface area contributed by atoms with Crippen molar-refractivity contribution < 1.29 is 14.6 Å². The van der Waals surface area contributed by atoms with E-state index in [4.69, 9.17) is 4.89 Å². The molecule has 4 heteroatoms. The molecule has 4 nitrogen and oxygen atoms in total. The monoisotopic (exact) mass is 222 g/mol. The van der Waals surface area contributed by atoms with Gasteiger partial charge in [0.05, 0.1) is 0 Å². The summed E-state index contributed by atoms with van der Waals surface area (Å²) in [6, 6.07) is 3.92. The number of pyridine rings is 1. The maximum absolute atomic E-state index is 9.91. The molecule has 0 saturated carbocycles. The van der Waals surface area contributed by atoms with E-state index in [0.717, 1.165) is 31.2 Å². The van der Waals surface area contributed by atoms with Crippen molar-refractivity contribution in [2.24, 2.45) is 0 Å². The molecule has 0 spiro atoms. The van der Waals surface area contributed by atoms with Crippen LogP contribution < -0.4 is 0 Å². The van der Waals surface area contributed by atoms with Gasteiger partial charge in [-0.25, -0.2) is 4.79 Å². The van der Waals surface area contributed by atoms with E-state index in [1.807, 2.05) is 18.3 Å². The fourth-order valence-electron chi connectivity index (χ4n) is 1.52. The molecule has 1 aromatic heterocycles. The summed E-state index contributed by atoms with van der Waals surface area (Å²) in [5, 5.41) is 0. The molecule has 0 aliphatic carbocycles. The zero-order valence-corrected chi connectivity index (χ0v) is 9.39. The van der Waals surface area contributed by atoms with Crippen molar-refractivity contribution in [2.75, 3.05) is 0 Å². The normalized spacial score (nSPS) is 12.1. The number of hydrogen-bond acceptors (Lipinski definition) is 4. The lowest BCUT2D eigenvalue weighted by molar-refractivity contribution is -0.261. The van der Waals surface area contributed by atoms with E-state index in [1.54, 1.807) is 6.20 Å². The number of aromatic nitrogens is 1. The number of nitrogens with zero attached hydrogens (tertiary/aromatic N) is 1. The Balaban J connectivity index is 2.34. The summed E-state index contributed by atoms with van der Waals surface area (Å²) in [6.45, 7) is 3.33. The molecular formula is C12H16NO3. The highest BCUT2D eigenvalue weighted by Gasteiger charge is 2.10. The highest BCUT2D eigenvalue weighted by molar-refractivity contribution is 5.36. The zero-order chi connectivity index (χ0) is 11.6. The Kier molecular flexibility index (Phi) is 6.18. The second-order valence-electron chi connectivity index (χ2n) is 3.57. The summed E-state index contributed by atoms with van der Waals surface area (Å²) in [5.41, 5.74) is 1.15. The van der Waals surface area contributed by atoms with Crippen LogP contribution in [0.5, 0.6) is 0 Å². The third kappa shape index (κ3) is 4.89. The molecule has 0 aliphatic rings. The maximum atomic E-state index is 9.91. The van der Waals surface area contributed by atoms with Crippen LogP contribution in [0.25, 0.3) is 0 Å². The first-order valence-electron chi connectivity index (χ1n) is 5.45. The number of hydrogen-bond donors (Lipinski definition) is 0. The largest absolute Gasteiger partial charge is 0.453 e. The van der Waals surface area contributed by atoms with Crippen molar-refractivity contribution in [1.82, 2.24) is 4.98 Å². The van der Waals surface area contributed by atoms with Crippen LogP contribution in [0.2, 0.25) is 0 Å². The molecule has 0 aliphatic heterocycles. The molecule has 1 rings (SSSR count). The first-order chi connectivity index (χ1) is 7.86. The molecule has 0 fully saturated rings. The Morgan fingerprint density at radius 1 is 1.50 bits per heavy atom. The molecule has 0 N–H and O–H groups in total. The number of rotatable bonds is 8. The Bertz CT molecular complexity index is 290. The first kappa shape index (κ1) is 12.6. The van der Waals surface area contributed by atoms with Gasteiger partial charge in [-0.2, -0.15) is 4.89 Å². The maximum Gasteiger partial charge on any atom is 0.453 e. The number of aryl methyl sites for hydroxylation is 1. The molecule has 0 amide bonds. The minimum Gasteiger partial charge on any atom is -0.285 e. The predicted molar refractivity (Wildman–Crippen MR) is 59.1 cm³/mol. The summed E-state index contributed by atoms with van der Waals surface area (Å²) in [5.74, 6) is 0. The smallest absolute Gasteiger partial charge is 0.285 e. The van der Waals surface area contributed by atoms with Gasteiger partial charge >= 0.3 is 6.47 Å². The van der Waals surface area contributed by atoms with Gasteiger partial charge in [-0.1, -0.05) is 19.4 Å². The average molecular weight is 222 g/mol. The van der Waals surface area contributed by atoms with Gasteiger partial charge in [-0.05, 0) is 30.9 Å². The van der Waals surface area contributed by atoms with E-state index in [-0.39, 0.29) is 6.10 Å². The molecule has 0 bridgehead atoms. The second-order valence-corrected chi connectivity index (χ2v) is 3.57. The van der Waals surface area contributed by atoms with E-state index in [9.17, 15) is 4.79 Å². The van der Waals surface area contributed by atoms with E-state index in [0.29, 0.717) is 0 Å². The van der Waals surface area contributed by atoms with E-state index in [1.165, 1.54) is 6.47 Å². The van der Waals surface area contributed by atoms with Gasteiger partial charge in [0.2, 0.25) is 0 Å². The molecule has 1 heterocycles. The van der Waals surface area contributed by atoms with Gasteiger partial charge in [-0.3, -0.25) is 9.87 Å². The van der Waals surface area contributed by atoms with Gasteiger partial charge < -0.3 is 0 Å². The lowest BCUT2D eigenvalue weighted by atomic mass is 10.1. The third-order valence-corrected chi connectivity index (χ3v) is 2.31. The summed E-state index contributed by atoms with van der Waals surface area (Å²) in [7, 11) is 0. The average Bonchev–Trinajstić information content (AvgIpc) is 2.34. The summed E-state index contributed by atoms with van der Waals surface area (Å²) in [6.07, 6.45) is 7.03. The summed E-state index contributed by atoms with van der Waals surface area (Å²) >= 11 is 0. The van der Waals surface area contributed by atoms with Gasteiger partial charge in [-0.15, -0.1) is 0 Å². The minimum atomic E-state index is -0.0633. The predicted octanol–water partition coefficient (Wildman–Crippen LogP) is 2.20. The summed E-state index contributed by atoms with van der Waals surface area (Å²) < 4.78 is 0. The van der Waals surface area contributed by atoms with Crippen LogP contribution in [0.15, 0.2) is 24.5 Å². The van der Waals surface area contributed by atoms with Crippen molar-refractivity contribution in [3.8, 4) is 0 Å². The van der Waals surface area contributed by atoms with Crippen molar-refractivity contribution in [1.29, 1.82) is 0 Å². The molecule has 1 unspecified atom stereocenters. The van der Waals surface area contributed by atoms with Crippen molar-refractivity contribution >= 4 is 6.47 Å². The quantitative estimate of drug-likeness (QED) is 0.499. The van der Waals surface area contributed by atoms with Crippen molar-refractivity contribution in [3.05, 3.63) is 30.1 Å². The molecule has 16 heavy (non-hydrogen) atoms.